The maximum absolute atomic E-state index is 11.0. The van der Waals surface area contributed by atoms with Crippen LogP contribution in [-0.4, -0.2) is 10.8 Å². The average Bonchev–Trinajstić information content (AvgIpc) is 2.64. The van der Waals surface area contributed by atoms with E-state index in [0.717, 1.165) is 17.1 Å². The van der Waals surface area contributed by atoms with Gasteiger partial charge in [0.05, 0.1) is 10.7 Å². The van der Waals surface area contributed by atoms with Crippen LogP contribution in [0.3, 0.4) is 0 Å². The van der Waals surface area contributed by atoms with Crippen molar-refractivity contribution in [3.05, 3.63) is 51.5 Å². The van der Waals surface area contributed by atoms with Crippen LogP contribution in [0.25, 0.3) is 0 Å². The molecule has 1 heterocycles. The molecule has 0 radical (unpaired) electrons. The summed E-state index contributed by atoms with van der Waals surface area (Å²) in [5, 5.41) is 3.05. The van der Waals surface area contributed by atoms with E-state index in [-0.39, 0.29) is 5.78 Å². The maximum atomic E-state index is 11.0. The fraction of sp³-hybridized carbons (Fsp3) is 0.286. The first-order chi connectivity index (χ1) is 8.13. The number of nitrogens with zero attached hydrogens (tertiary/aromatic N) is 1. The van der Waals surface area contributed by atoms with E-state index >= 15 is 0 Å². The van der Waals surface area contributed by atoms with Crippen LogP contribution in [0.5, 0.6) is 0 Å². The molecule has 0 atom stereocenters. The highest BCUT2D eigenvalue weighted by Gasteiger charge is 2.05. The van der Waals surface area contributed by atoms with Crippen LogP contribution < -0.4 is 0 Å². The molecule has 88 valence electrons. The number of rotatable bonds is 4. The number of carbonyl (C=O) groups excluding carboxylic acids is 1. The van der Waals surface area contributed by atoms with Crippen LogP contribution in [0.1, 0.15) is 28.8 Å². The fourth-order valence-corrected chi connectivity index (χ4v) is 2.59. The van der Waals surface area contributed by atoms with Crippen LogP contribution in [0.2, 0.25) is 0 Å². The van der Waals surface area contributed by atoms with Crippen molar-refractivity contribution in [2.24, 2.45) is 0 Å². The summed E-state index contributed by atoms with van der Waals surface area (Å²) in [6.45, 7) is 3.69. The van der Waals surface area contributed by atoms with Gasteiger partial charge in [-0.05, 0) is 19.4 Å². The first-order valence-electron chi connectivity index (χ1n) is 5.62. The minimum Gasteiger partial charge on any atom is -0.300 e. The third-order valence-corrected chi connectivity index (χ3v) is 3.36. The third-order valence-electron chi connectivity index (χ3n) is 2.47. The molecule has 2 nitrogen and oxygen atoms in total. The molecule has 2 aromatic rings. The minimum absolute atomic E-state index is 0.164. The summed E-state index contributed by atoms with van der Waals surface area (Å²) in [4.78, 5) is 15.5. The van der Waals surface area contributed by atoms with Gasteiger partial charge in [0.2, 0.25) is 0 Å². The number of Topliss-reactive ketones (excluding diaryl/α,β-unsaturated/α-hetero) is 1. The topological polar surface area (TPSA) is 30.0 Å². The molecule has 0 N–H and O–H groups in total. The quantitative estimate of drug-likeness (QED) is 0.828. The molecular weight excluding hydrogens is 230 g/mol. The predicted molar refractivity (Wildman–Crippen MR) is 70.5 cm³/mol. The molecule has 0 saturated heterocycles. The van der Waals surface area contributed by atoms with Gasteiger partial charge >= 0.3 is 0 Å². The molecule has 0 aliphatic heterocycles. The predicted octanol–water partition coefficient (Wildman–Crippen LogP) is 3.17. The molecule has 1 aromatic carbocycles. The molecule has 0 fully saturated rings. The van der Waals surface area contributed by atoms with Crippen LogP contribution in [0, 0.1) is 6.92 Å². The minimum atomic E-state index is 0.164. The molecule has 2 rings (SSSR count). The highest BCUT2D eigenvalue weighted by Crippen LogP contribution is 2.16. The molecule has 1 aromatic heterocycles. The normalized spacial score (nSPS) is 10.5. The molecule has 0 saturated carbocycles. The van der Waals surface area contributed by atoms with E-state index in [1.807, 2.05) is 5.38 Å². The van der Waals surface area contributed by atoms with E-state index in [0.29, 0.717) is 6.42 Å². The molecule has 0 amide bonds. The molecular formula is C14H15NOS. The first kappa shape index (κ1) is 12.0. The van der Waals surface area contributed by atoms with Crippen molar-refractivity contribution in [1.82, 2.24) is 4.98 Å². The summed E-state index contributed by atoms with van der Waals surface area (Å²) < 4.78 is 0. The lowest BCUT2D eigenvalue weighted by molar-refractivity contribution is -0.116. The Morgan fingerprint density at radius 1 is 1.41 bits per heavy atom. The van der Waals surface area contributed by atoms with Gasteiger partial charge in [-0.3, -0.25) is 4.79 Å². The fourth-order valence-electron chi connectivity index (χ4n) is 1.76. The number of ketones is 1. The summed E-state index contributed by atoms with van der Waals surface area (Å²) >= 11 is 1.63. The number of benzene rings is 1. The van der Waals surface area contributed by atoms with E-state index in [9.17, 15) is 4.79 Å². The zero-order valence-corrected chi connectivity index (χ0v) is 10.9. The Morgan fingerprint density at radius 2 is 2.24 bits per heavy atom. The van der Waals surface area contributed by atoms with E-state index < -0.39 is 0 Å². The SMILES string of the molecule is CC(=O)Cc1csc(Cc2cccc(C)c2)n1. The van der Waals surface area contributed by atoms with Crippen LogP contribution in [0.15, 0.2) is 29.6 Å². The number of thiazole rings is 1. The Morgan fingerprint density at radius 3 is 2.94 bits per heavy atom. The van der Waals surface area contributed by atoms with Crippen LogP contribution in [0.4, 0.5) is 0 Å². The number of hydrogen-bond acceptors (Lipinski definition) is 3. The van der Waals surface area contributed by atoms with Gasteiger partial charge in [0.25, 0.3) is 0 Å². The summed E-state index contributed by atoms with van der Waals surface area (Å²) in [5.41, 5.74) is 3.43. The second-order valence-corrected chi connectivity index (χ2v) is 5.22. The molecule has 0 aliphatic carbocycles. The number of aromatic nitrogens is 1. The second-order valence-electron chi connectivity index (χ2n) is 4.28. The van der Waals surface area contributed by atoms with Gasteiger partial charge in [0, 0.05) is 18.2 Å². The molecule has 17 heavy (non-hydrogen) atoms. The standard InChI is InChI=1S/C14H15NOS/c1-10-4-3-5-12(6-10)8-14-15-13(9-17-14)7-11(2)16/h3-6,9H,7-8H2,1-2H3. The Labute approximate surface area is 105 Å². The summed E-state index contributed by atoms with van der Waals surface area (Å²) in [6.07, 6.45) is 1.30. The van der Waals surface area contributed by atoms with Gasteiger partial charge in [0.15, 0.2) is 0 Å². The van der Waals surface area contributed by atoms with Gasteiger partial charge < -0.3 is 0 Å². The van der Waals surface area contributed by atoms with Gasteiger partial charge in [-0.25, -0.2) is 4.98 Å². The highest BCUT2D eigenvalue weighted by atomic mass is 32.1. The van der Waals surface area contributed by atoms with Crippen LogP contribution >= 0.6 is 11.3 Å². The van der Waals surface area contributed by atoms with Crippen molar-refractivity contribution >= 4 is 17.1 Å². The van der Waals surface area contributed by atoms with E-state index in [1.54, 1.807) is 18.3 Å². The second kappa shape index (κ2) is 5.23. The summed E-state index contributed by atoms with van der Waals surface area (Å²) in [7, 11) is 0. The zero-order valence-electron chi connectivity index (χ0n) is 10.1. The molecule has 0 spiro atoms. The maximum Gasteiger partial charge on any atom is 0.135 e. The van der Waals surface area contributed by atoms with Crippen LogP contribution in [-0.2, 0) is 17.6 Å². The van der Waals surface area contributed by atoms with Crippen molar-refractivity contribution < 1.29 is 4.79 Å². The number of carbonyl (C=O) groups is 1. The zero-order chi connectivity index (χ0) is 12.3. The van der Waals surface area contributed by atoms with Gasteiger partial charge in [-0.1, -0.05) is 29.8 Å². The van der Waals surface area contributed by atoms with Gasteiger partial charge in [-0.15, -0.1) is 11.3 Å². The van der Waals surface area contributed by atoms with Crippen molar-refractivity contribution in [2.45, 2.75) is 26.7 Å². The Hall–Kier alpha value is -1.48. The summed E-state index contributed by atoms with van der Waals surface area (Å²) in [6, 6.07) is 8.44. The van der Waals surface area contributed by atoms with Crippen molar-refractivity contribution in [2.75, 3.05) is 0 Å². The highest BCUT2D eigenvalue weighted by molar-refractivity contribution is 7.09. The molecule has 0 bridgehead atoms. The van der Waals surface area contributed by atoms with Crippen molar-refractivity contribution in [3.63, 3.8) is 0 Å². The number of aryl methyl sites for hydroxylation is 1. The lowest BCUT2D eigenvalue weighted by Gasteiger charge is -1.99. The largest absolute Gasteiger partial charge is 0.300 e. The molecule has 0 unspecified atom stereocenters. The third kappa shape index (κ3) is 3.49. The van der Waals surface area contributed by atoms with Gasteiger partial charge in [0.1, 0.15) is 5.78 Å². The summed E-state index contributed by atoms with van der Waals surface area (Å²) in [5.74, 6) is 0.164. The Bertz CT molecular complexity index is 531. The smallest absolute Gasteiger partial charge is 0.135 e. The lowest BCUT2D eigenvalue weighted by atomic mass is 10.1. The monoisotopic (exact) mass is 245 g/mol. The number of hydrogen-bond donors (Lipinski definition) is 0. The first-order valence-corrected chi connectivity index (χ1v) is 6.50. The van der Waals surface area contributed by atoms with Crippen molar-refractivity contribution in [3.8, 4) is 0 Å². The van der Waals surface area contributed by atoms with Crippen molar-refractivity contribution in [1.29, 1.82) is 0 Å². The average molecular weight is 245 g/mol. The van der Waals surface area contributed by atoms with E-state index in [1.165, 1.54) is 11.1 Å². The lowest BCUT2D eigenvalue weighted by Crippen LogP contribution is -1.97. The van der Waals surface area contributed by atoms with Gasteiger partial charge in [-0.2, -0.15) is 0 Å². The Balaban J connectivity index is 2.08. The molecule has 0 aliphatic rings. The van der Waals surface area contributed by atoms with E-state index in [2.05, 4.69) is 36.2 Å². The van der Waals surface area contributed by atoms with E-state index in [4.69, 9.17) is 0 Å². The molecule has 3 heteroatoms. The Kier molecular flexibility index (Phi) is 3.69.